The van der Waals surface area contributed by atoms with E-state index in [4.69, 9.17) is 0 Å². The molecule has 7 nitrogen and oxygen atoms in total. The van der Waals surface area contributed by atoms with Crippen LogP contribution in [0, 0.1) is 6.92 Å². The molecule has 0 aliphatic rings. The molecule has 0 saturated carbocycles. The molecule has 0 aliphatic carbocycles. The molecular formula is C26H26N4O3S. The molecule has 1 amide bonds. The molecule has 0 atom stereocenters. The summed E-state index contributed by atoms with van der Waals surface area (Å²) in [6.07, 6.45) is 4.75. The number of aryl methyl sites for hydroxylation is 1. The Kier molecular flexibility index (Phi) is 6.79. The van der Waals surface area contributed by atoms with Gasteiger partial charge in [0.25, 0.3) is 5.91 Å². The highest BCUT2D eigenvalue weighted by Gasteiger charge is 2.15. The van der Waals surface area contributed by atoms with Gasteiger partial charge in [-0.1, -0.05) is 60.2 Å². The normalized spacial score (nSPS) is 11.2. The number of carbonyl (C=O) groups is 1. The van der Waals surface area contributed by atoms with Gasteiger partial charge in [-0.2, -0.15) is 5.10 Å². The zero-order valence-electron chi connectivity index (χ0n) is 19.0. The first kappa shape index (κ1) is 23.3. The molecule has 8 heteroatoms. The standard InChI is InChI=1S/C26H26N4O3S/c1-19-8-13-25(29-34(2,32)33)24(16-19)26(31)27-17-22-6-3-4-7-23(22)21-11-9-20(10-12-21)18-30-15-5-14-28-30/h3-16,29H,17-18H2,1-2H3,(H,27,31). The van der Waals surface area contributed by atoms with Crippen molar-refractivity contribution in [3.8, 4) is 11.1 Å². The molecule has 0 aliphatic heterocycles. The van der Waals surface area contributed by atoms with Gasteiger partial charge in [0.1, 0.15) is 0 Å². The Bertz CT molecular complexity index is 1400. The molecule has 0 unspecified atom stereocenters. The maximum atomic E-state index is 13.0. The number of carbonyl (C=O) groups excluding carboxylic acids is 1. The van der Waals surface area contributed by atoms with E-state index in [1.807, 2.05) is 48.1 Å². The third-order valence-corrected chi connectivity index (χ3v) is 5.93. The Hall–Kier alpha value is -3.91. The van der Waals surface area contributed by atoms with Gasteiger partial charge in [0.2, 0.25) is 10.0 Å². The van der Waals surface area contributed by atoms with Crippen LogP contribution in [0.15, 0.2) is 85.2 Å². The average molecular weight is 475 g/mol. The summed E-state index contributed by atoms with van der Waals surface area (Å²) in [4.78, 5) is 13.0. The molecule has 0 radical (unpaired) electrons. The summed E-state index contributed by atoms with van der Waals surface area (Å²) >= 11 is 0. The fourth-order valence-corrected chi connectivity index (χ4v) is 4.31. The summed E-state index contributed by atoms with van der Waals surface area (Å²) in [5, 5.41) is 7.18. The van der Waals surface area contributed by atoms with E-state index in [1.54, 1.807) is 24.4 Å². The van der Waals surface area contributed by atoms with Crippen molar-refractivity contribution in [1.29, 1.82) is 0 Å². The number of sulfonamides is 1. The van der Waals surface area contributed by atoms with Gasteiger partial charge >= 0.3 is 0 Å². The van der Waals surface area contributed by atoms with E-state index in [1.165, 1.54) is 0 Å². The number of amides is 1. The number of nitrogens with one attached hydrogen (secondary N) is 2. The number of nitrogens with zero attached hydrogens (tertiary/aromatic N) is 2. The lowest BCUT2D eigenvalue weighted by Crippen LogP contribution is -2.25. The second-order valence-corrected chi connectivity index (χ2v) is 9.91. The Labute approximate surface area is 199 Å². The minimum atomic E-state index is -3.51. The van der Waals surface area contributed by atoms with E-state index in [2.05, 4.69) is 39.4 Å². The molecular weight excluding hydrogens is 448 g/mol. The molecule has 4 rings (SSSR count). The maximum absolute atomic E-state index is 13.0. The fraction of sp³-hybridized carbons (Fsp3) is 0.154. The van der Waals surface area contributed by atoms with Crippen molar-refractivity contribution in [3.05, 3.63) is 107 Å². The minimum absolute atomic E-state index is 0.256. The number of hydrogen-bond acceptors (Lipinski definition) is 4. The molecule has 4 aromatic rings. The summed E-state index contributed by atoms with van der Waals surface area (Å²) in [7, 11) is -3.51. The number of anilines is 1. The van der Waals surface area contributed by atoms with Crippen molar-refractivity contribution < 1.29 is 13.2 Å². The molecule has 174 valence electrons. The quantitative estimate of drug-likeness (QED) is 0.400. The van der Waals surface area contributed by atoms with Crippen molar-refractivity contribution in [3.63, 3.8) is 0 Å². The lowest BCUT2D eigenvalue weighted by atomic mass is 9.98. The zero-order chi connectivity index (χ0) is 24.1. The minimum Gasteiger partial charge on any atom is -0.348 e. The van der Waals surface area contributed by atoms with Gasteiger partial charge in [-0.05, 0) is 47.4 Å². The second-order valence-electron chi connectivity index (χ2n) is 8.16. The van der Waals surface area contributed by atoms with Crippen LogP contribution in [0.3, 0.4) is 0 Å². The van der Waals surface area contributed by atoms with Crippen molar-refractivity contribution >= 4 is 21.6 Å². The van der Waals surface area contributed by atoms with Gasteiger partial charge in [0, 0.05) is 18.9 Å². The Morgan fingerprint density at radius 2 is 1.76 bits per heavy atom. The predicted molar refractivity (Wildman–Crippen MR) is 134 cm³/mol. The first-order valence-electron chi connectivity index (χ1n) is 10.8. The van der Waals surface area contributed by atoms with E-state index >= 15 is 0 Å². The summed E-state index contributed by atoms with van der Waals surface area (Å²) in [6.45, 7) is 2.86. The smallest absolute Gasteiger partial charge is 0.253 e. The first-order valence-corrected chi connectivity index (χ1v) is 12.7. The monoisotopic (exact) mass is 474 g/mol. The third-order valence-electron chi connectivity index (χ3n) is 5.34. The molecule has 1 aromatic heterocycles. The molecule has 3 aromatic carbocycles. The average Bonchev–Trinajstić information content (AvgIpc) is 3.32. The van der Waals surface area contributed by atoms with E-state index in [-0.39, 0.29) is 17.2 Å². The largest absolute Gasteiger partial charge is 0.348 e. The summed E-state index contributed by atoms with van der Waals surface area (Å²) < 4.78 is 27.7. The van der Waals surface area contributed by atoms with Gasteiger partial charge in [-0.3, -0.25) is 14.2 Å². The van der Waals surface area contributed by atoms with E-state index in [9.17, 15) is 13.2 Å². The van der Waals surface area contributed by atoms with E-state index in [0.717, 1.165) is 34.1 Å². The van der Waals surface area contributed by atoms with Crippen LogP contribution >= 0.6 is 0 Å². The summed E-state index contributed by atoms with van der Waals surface area (Å²) in [6, 6.07) is 23.1. The van der Waals surface area contributed by atoms with Crippen LogP contribution in [-0.2, 0) is 23.1 Å². The number of hydrogen-bond donors (Lipinski definition) is 2. The van der Waals surface area contributed by atoms with Crippen LogP contribution in [0.4, 0.5) is 5.69 Å². The van der Waals surface area contributed by atoms with Gasteiger partial charge in [0.05, 0.1) is 24.1 Å². The van der Waals surface area contributed by atoms with Crippen LogP contribution in [0.1, 0.15) is 27.0 Å². The summed E-state index contributed by atoms with van der Waals surface area (Å²) in [5.74, 6) is -0.348. The molecule has 0 saturated heterocycles. The molecule has 0 fully saturated rings. The molecule has 0 bridgehead atoms. The van der Waals surface area contributed by atoms with Crippen molar-refractivity contribution in [1.82, 2.24) is 15.1 Å². The van der Waals surface area contributed by atoms with Crippen LogP contribution in [0.25, 0.3) is 11.1 Å². The highest BCUT2D eigenvalue weighted by atomic mass is 32.2. The van der Waals surface area contributed by atoms with Crippen molar-refractivity contribution in [2.45, 2.75) is 20.0 Å². The second kappa shape index (κ2) is 9.93. The molecule has 1 heterocycles. The van der Waals surface area contributed by atoms with Gasteiger partial charge in [-0.25, -0.2) is 8.42 Å². The first-order chi connectivity index (χ1) is 16.3. The van der Waals surface area contributed by atoms with Crippen LogP contribution in [0.5, 0.6) is 0 Å². The van der Waals surface area contributed by atoms with Crippen molar-refractivity contribution in [2.24, 2.45) is 0 Å². The maximum Gasteiger partial charge on any atom is 0.253 e. The molecule has 0 spiro atoms. The lowest BCUT2D eigenvalue weighted by Gasteiger charge is -2.14. The fourth-order valence-electron chi connectivity index (χ4n) is 3.73. The van der Waals surface area contributed by atoms with Crippen LogP contribution in [0.2, 0.25) is 0 Å². The number of rotatable bonds is 8. The number of aromatic nitrogens is 2. The Morgan fingerprint density at radius 3 is 2.47 bits per heavy atom. The van der Waals surface area contributed by atoms with Gasteiger partial charge in [0.15, 0.2) is 0 Å². The van der Waals surface area contributed by atoms with Crippen molar-refractivity contribution in [2.75, 3.05) is 11.0 Å². The topological polar surface area (TPSA) is 93.1 Å². The highest BCUT2D eigenvalue weighted by Crippen LogP contribution is 2.25. The van der Waals surface area contributed by atoms with E-state index in [0.29, 0.717) is 13.1 Å². The summed E-state index contributed by atoms with van der Waals surface area (Å²) in [5.41, 5.74) is 5.57. The predicted octanol–water partition coefficient (Wildman–Crippen LogP) is 4.21. The highest BCUT2D eigenvalue weighted by molar-refractivity contribution is 7.92. The van der Waals surface area contributed by atoms with Gasteiger partial charge in [-0.15, -0.1) is 0 Å². The lowest BCUT2D eigenvalue weighted by molar-refractivity contribution is 0.0952. The molecule has 2 N–H and O–H groups in total. The van der Waals surface area contributed by atoms with E-state index < -0.39 is 10.0 Å². The SMILES string of the molecule is Cc1ccc(NS(C)(=O)=O)c(C(=O)NCc2ccccc2-c2ccc(Cn3cccn3)cc2)c1. The van der Waals surface area contributed by atoms with Crippen LogP contribution in [-0.4, -0.2) is 30.4 Å². The zero-order valence-corrected chi connectivity index (χ0v) is 19.8. The number of benzene rings is 3. The Morgan fingerprint density at radius 1 is 1.00 bits per heavy atom. The molecule has 34 heavy (non-hydrogen) atoms. The van der Waals surface area contributed by atoms with Crippen LogP contribution < -0.4 is 10.0 Å². The third kappa shape index (κ3) is 5.90. The Balaban J connectivity index is 1.51. The van der Waals surface area contributed by atoms with Gasteiger partial charge < -0.3 is 5.32 Å².